The minimum Gasteiger partial charge on any atom is -0.468 e. The molecule has 0 rings (SSSR count). The Morgan fingerprint density at radius 3 is 2.50 bits per heavy atom. The average molecular weight is 200 g/mol. The van der Waals surface area contributed by atoms with Crippen molar-refractivity contribution in [1.82, 2.24) is 3.53 Å². The Balaban J connectivity index is 2.99. The summed E-state index contributed by atoms with van der Waals surface area (Å²) in [6, 6.07) is 0.0793. The largest absolute Gasteiger partial charge is 0.468 e. The molecule has 4 heteroatoms. The molecule has 0 aromatic heterocycles. The Kier molecular flexibility index (Phi) is 3.20. The minimum absolute atomic E-state index is 0.0793. The molecule has 0 radical (unpaired) electrons. The summed E-state index contributed by atoms with van der Waals surface area (Å²) in [7, 11) is 1.44. The highest BCUT2D eigenvalue weighted by Crippen LogP contribution is 1.70. The number of amidine groups is 1. The number of hydrogen-bond acceptors (Lipinski definition) is 2. The van der Waals surface area contributed by atoms with Gasteiger partial charge in [-0.25, -0.2) is 0 Å². The Bertz CT molecular complexity index is 49.5. The van der Waals surface area contributed by atoms with E-state index in [2.05, 4.69) is 8.27 Å². The summed E-state index contributed by atoms with van der Waals surface area (Å²) in [5, 5.41) is 6.65. The topological polar surface area (TPSA) is 45.1 Å². The summed E-state index contributed by atoms with van der Waals surface area (Å²) in [6.07, 6.45) is 0. The second-order valence-electron chi connectivity index (χ2n) is 0.628. The van der Waals surface area contributed by atoms with Crippen molar-refractivity contribution in [2.75, 3.05) is 7.11 Å². The van der Waals surface area contributed by atoms with Gasteiger partial charge in [0.25, 0.3) is 6.02 Å². The van der Waals surface area contributed by atoms with E-state index in [1.165, 1.54) is 7.11 Å². The van der Waals surface area contributed by atoms with Gasteiger partial charge in [0.2, 0.25) is 0 Å². The lowest BCUT2D eigenvalue weighted by Gasteiger charge is -1.93. The van der Waals surface area contributed by atoms with Crippen LogP contribution in [0.4, 0.5) is 0 Å². The summed E-state index contributed by atoms with van der Waals surface area (Å²) in [5.41, 5.74) is 0. The Morgan fingerprint density at radius 2 is 2.50 bits per heavy atom. The maximum Gasteiger partial charge on any atom is 0.290 e. The van der Waals surface area contributed by atoms with Gasteiger partial charge in [-0.05, 0) is 0 Å². The van der Waals surface area contributed by atoms with Crippen molar-refractivity contribution in [3.63, 3.8) is 0 Å². The molecule has 0 heterocycles. The molecule has 0 aliphatic rings. The number of methoxy groups -OCH3 is 1. The molecule has 0 aromatic carbocycles. The maximum absolute atomic E-state index is 6.65. The first-order chi connectivity index (χ1) is 2.81. The minimum atomic E-state index is 0.0793. The van der Waals surface area contributed by atoms with Crippen LogP contribution in [-0.4, -0.2) is 13.1 Å². The van der Waals surface area contributed by atoms with Crippen LogP contribution in [0.2, 0.25) is 0 Å². The highest BCUT2D eigenvalue weighted by atomic mass is 127. The first-order valence-corrected chi connectivity index (χ1v) is 2.38. The molecule has 0 bridgehead atoms. The van der Waals surface area contributed by atoms with Gasteiger partial charge in [-0.3, -0.25) is 8.94 Å². The van der Waals surface area contributed by atoms with E-state index in [-0.39, 0.29) is 6.02 Å². The van der Waals surface area contributed by atoms with Gasteiger partial charge in [0, 0.05) is 0 Å². The third-order valence-corrected chi connectivity index (χ3v) is 0.780. The molecule has 0 saturated heterocycles. The zero-order valence-corrected chi connectivity index (χ0v) is 5.44. The molecule has 0 aromatic rings. The summed E-state index contributed by atoms with van der Waals surface area (Å²) in [4.78, 5) is 0. The fourth-order valence-corrected chi connectivity index (χ4v) is 0.259. The first-order valence-electron chi connectivity index (χ1n) is 1.30. The second kappa shape index (κ2) is 3.20. The summed E-state index contributed by atoms with van der Waals surface area (Å²) in [5.74, 6) is 0. The van der Waals surface area contributed by atoms with Crippen LogP contribution in [-0.2, 0) is 4.74 Å². The lowest BCUT2D eigenvalue weighted by atomic mass is 11.2. The van der Waals surface area contributed by atoms with E-state index in [1.807, 2.05) is 22.9 Å². The number of ether oxygens (including phenoxy) is 1. The number of nitrogens with one attached hydrogen (secondary N) is 2. The second-order valence-corrected chi connectivity index (χ2v) is 1.17. The molecule has 2 N–H and O–H groups in total. The highest BCUT2D eigenvalue weighted by Gasteiger charge is 1.80. The maximum atomic E-state index is 6.65. The lowest BCUT2D eigenvalue weighted by Crippen LogP contribution is -2.11. The van der Waals surface area contributed by atoms with Crippen molar-refractivity contribution < 1.29 is 4.74 Å². The standard InChI is InChI=1S/C2H5IN2O/c1-6-2(4)5-3/h1H3,(H2,4,5). The monoisotopic (exact) mass is 200 g/mol. The normalized spacial score (nSPS) is 7.00. The first kappa shape index (κ1) is 6.00. The fraction of sp³-hybridized carbons (Fsp3) is 0.500. The van der Waals surface area contributed by atoms with E-state index in [0.717, 1.165) is 0 Å². The van der Waals surface area contributed by atoms with E-state index < -0.39 is 0 Å². The smallest absolute Gasteiger partial charge is 0.290 e. The molecule has 36 valence electrons. The van der Waals surface area contributed by atoms with Crippen molar-refractivity contribution in [2.45, 2.75) is 0 Å². The van der Waals surface area contributed by atoms with Gasteiger partial charge in [0.05, 0.1) is 30.0 Å². The van der Waals surface area contributed by atoms with Gasteiger partial charge in [-0.2, -0.15) is 0 Å². The van der Waals surface area contributed by atoms with Gasteiger partial charge >= 0.3 is 0 Å². The number of hydrogen-bond donors (Lipinski definition) is 2. The van der Waals surface area contributed by atoms with Crippen molar-refractivity contribution in [1.29, 1.82) is 5.41 Å². The van der Waals surface area contributed by atoms with Crippen LogP contribution >= 0.6 is 22.9 Å². The number of halogens is 1. The molecular weight excluding hydrogens is 195 g/mol. The van der Waals surface area contributed by atoms with E-state index in [0.29, 0.717) is 0 Å². The van der Waals surface area contributed by atoms with Gasteiger partial charge in [0.1, 0.15) is 0 Å². The fourth-order valence-electron chi connectivity index (χ4n) is 0.0386. The summed E-state index contributed by atoms with van der Waals surface area (Å²) in [6.45, 7) is 0. The van der Waals surface area contributed by atoms with E-state index in [9.17, 15) is 0 Å². The van der Waals surface area contributed by atoms with E-state index >= 15 is 0 Å². The quantitative estimate of drug-likeness (QED) is 0.259. The molecule has 0 fully saturated rings. The molecule has 0 saturated carbocycles. The SMILES string of the molecule is COC(=N)NI. The molecule has 3 nitrogen and oxygen atoms in total. The van der Waals surface area contributed by atoms with Gasteiger partial charge in [0.15, 0.2) is 0 Å². The van der Waals surface area contributed by atoms with Crippen molar-refractivity contribution in [3.8, 4) is 0 Å². The van der Waals surface area contributed by atoms with Gasteiger partial charge in [-0.15, -0.1) is 0 Å². The molecule has 0 aliphatic heterocycles. The predicted molar refractivity (Wildman–Crippen MR) is 31.9 cm³/mol. The zero-order chi connectivity index (χ0) is 4.99. The van der Waals surface area contributed by atoms with Gasteiger partial charge in [-0.1, -0.05) is 0 Å². The van der Waals surface area contributed by atoms with Crippen LogP contribution in [0.15, 0.2) is 0 Å². The van der Waals surface area contributed by atoms with Crippen LogP contribution in [0.3, 0.4) is 0 Å². The predicted octanol–water partition coefficient (Wildman–Crippen LogP) is 0.507. The number of rotatable bonds is 0. The third-order valence-electron chi connectivity index (χ3n) is 0.290. The van der Waals surface area contributed by atoms with Crippen molar-refractivity contribution >= 4 is 28.9 Å². The summed E-state index contributed by atoms with van der Waals surface area (Å²) >= 11 is 1.81. The van der Waals surface area contributed by atoms with Crippen LogP contribution < -0.4 is 3.53 Å². The van der Waals surface area contributed by atoms with E-state index in [1.54, 1.807) is 0 Å². The molecule has 0 atom stereocenters. The Morgan fingerprint density at radius 1 is 2.00 bits per heavy atom. The lowest BCUT2D eigenvalue weighted by molar-refractivity contribution is 0.390. The Labute approximate surface area is 50.1 Å². The third kappa shape index (κ3) is 2.25. The highest BCUT2D eigenvalue weighted by molar-refractivity contribution is 14.1. The van der Waals surface area contributed by atoms with Crippen LogP contribution in [0, 0.1) is 5.41 Å². The van der Waals surface area contributed by atoms with Crippen LogP contribution in [0.1, 0.15) is 0 Å². The Hall–Kier alpha value is 0. The van der Waals surface area contributed by atoms with E-state index in [4.69, 9.17) is 5.41 Å². The van der Waals surface area contributed by atoms with Crippen molar-refractivity contribution in [2.24, 2.45) is 0 Å². The zero-order valence-electron chi connectivity index (χ0n) is 3.29. The molecule has 0 aliphatic carbocycles. The summed E-state index contributed by atoms with van der Waals surface area (Å²) < 4.78 is 6.81. The molecule has 0 unspecified atom stereocenters. The molecular formula is C2H5IN2O. The molecule has 0 amide bonds. The van der Waals surface area contributed by atoms with Crippen LogP contribution in [0.25, 0.3) is 0 Å². The van der Waals surface area contributed by atoms with Crippen molar-refractivity contribution in [3.05, 3.63) is 0 Å². The van der Waals surface area contributed by atoms with Crippen LogP contribution in [0.5, 0.6) is 0 Å². The molecule has 6 heavy (non-hydrogen) atoms. The average Bonchev–Trinajstić information content (AvgIpc) is 1.65. The molecule has 0 spiro atoms. The van der Waals surface area contributed by atoms with Gasteiger partial charge < -0.3 is 4.74 Å².